The molecule has 34 heavy (non-hydrogen) atoms. The van der Waals surface area contributed by atoms with Gasteiger partial charge in [0.05, 0.1) is 6.10 Å². The number of nitrogens with zero attached hydrogens (tertiary/aromatic N) is 1. The van der Waals surface area contributed by atoms with Gasteiger partial charge in [-0.15, -0.1) is 6.58 Å². The average molecular weight is 484 g/mol. The summed E-state index contributed by atoms with van der Waals surface area (Å²) in [6.07, 6.45) is 11.2. The van der Waals surface area contributed by atoms with Gasteiger partial charge in [-0.25, -0.2) is 5.43 Å². The molecule has 0 aromatic rings. The molecule has 194 valence electrons. The highest BCUT2D eigenvalue weighted by atomic mass is 19.4. The first-order valence-electron chi connectivity index (χ1n) is 13.1. The van der Waals surface area contributed by atoms with Crippen molar-refractivity contribution in [2.24, 2.45) is 17.3 Å². The number of alkyl halides is 3. The molecular formula is C27H44F3N3O. The minimum atomic E-state index is -4.24. The van der Waals surface area contributed by atoms with Crippen LogP contribution in [0.3, 0.4) is 0 Å². The third kappa shape index (κ3) is 7.19. The third-order valence-electron chi connectivity index (χ3n) is 8.54. The van der Waals surface area contributed by atoms with Gasteiger partial charge in [-0.05, 0) is 88.5 Å². The Balaban J connectivity index is 1.56. The maximum Gasteiger partial charge on any atom is 0.406 e. The summed E-state index contributed by atoms with van der Waals surface area (Å²) >= 11 is 0. The quantitative estimate of drug-likeness (QED) is 0.378. The van der Waals surface area contributed by atoms with Crippen molar-refractivity contribution < 1.29 is 18.3 Å². The first-order valence-corrected chi connectivity index (χ1v) is 13.1. The highest BCUT2D eigenvalue weighted by Crippen LogP contribution is 2.58. The molecule has 3 N–H and O–H groups in total. The number of aliphatic hydroxyl groups excluding tert-OH is 1. The van der Waals surface area contributed by atoms with Crippen LogP contribution in [0.2, 0.25) is 0 Å². The minimum absolute atomic E-state index is 0.0163. The standard InChI is InChI=1S/C27H44F3N3O/c1-4-23(34)9-5-7-20(2)10-11-21-8-6-15-26(3)22(12-13-24(21)26)14-17-33-18-16-31-32-25(19-33)27(28,29)30/h4,10-11,22-25,31-32,34H,1,5-9,12-19H2,2-3H3/b20-10+,21-11+/t22-,23?,24?,25?,26?/m1/s1. The van der Waals surface area contributed by atoms with Crippen LogP contribution in [0, 0.1) is 17.3 Å². The predicted octanol–water partition coefficient (Wildman–Crippen LogP) is 5.52. The second-order valence-electron chi connectivity index (χ2n) is 10.9. The number of fused-ring (bicyclic) bond motifs is 1. The Hall–Kier alpha value is -1.15. The van der Waals surface area contributed by atoms with Crippen molar-refractivity contribution in [1.29, 1.82) is 0 Å². The fraction of sp³-hybridized carbons (Fsp3) is 0.778. The van der Waals surface area contributed by atoms with E-state index in [0.29, 0.717) is 24.9 Å². The normalized spacial score (nSPS) is 33.5. The van der Waals surface area contributed by atoms with Crippen LogP contribution < -0.4 is 10.9 Å². The molecule has 4 unspecified atom stereocenters. The van der Waals surface area contributed by atoms with Crippen molar-refractivity contribution >= 4 is 0 Å². The second-order valence-corrected chi connectivity index (χ2v) is 10.9. The highest BCUT2D eigenvalue weighted by molar-refractivity contribution is 5.24. The van der Waals surface area contributed by atoms with E-state index in [4.69, 9.17) is 0 Å². The summed E-state index contributed by atoms with van der Waals surface area (Å²) in [4.78, 5) is 1.98. The van der Waals surface area contributed by atoms with Gasteiger partial charge < -0.3 is 10.0 Å². The maximum absolute atomic E-state index is 13.3. The molecule has 0 radical (unpaired) electrons. The largest absolute Gasteiger partial charge is 0.406 e. The number of aliphatic hydroxyl groups is 1. The molecule has 2 aliphatic carbocycles. The van der Waals surface area contributed by atoms with Gasteiger partial charge in [0.25, 0.3) is 0 Å². The molecule has 7 heteroatoms. The summed E-state index contributed by atoms with van der Waals surface area (Å²) in [6.45, 7) is 10.1. The van der Waals surface area contributed by atoms with Gasteiger partial charge in [0.2, 0.25) is 0 Å². The van der Waals surface area contributed by atoms with Crippen molar-refractivity contribution in [3.8, 4) is 0 Å². The Labute approximate surface area is 203 Å². The lowest BCUT2D eigenvalue weighted by Crippen LogP contribution is -2.51. The van der Waals surface area contributed by atoms with Gasteiger partial charge in [0.1, 0.15) is 6.04 Å². The molecule has 3 aliphatic rings. The van der Waals surface area contributed by atoms with Crippen LogP contribution in [0.25, 0.3) is 0 Å². The minimum Gasteiger partial charge on any atom is -0.389 e. The van der Waals surface area contributed by atoms with E-state index in [2.05, 4.69) is 43.4 Å². The Bertz CT molecular complexity index is 735. The van der Waals surface area contributed by atoms with E-state index in [1.165, 1.54) is 31.3 Å². The third-order valence-corrected chi connectivity index (χ3v) is 8.54. The molecule has 0 aromatic heterocycles. The average Bonchev–Trinajstić information content (AvgIpc) is 2.95. The smallest absolute Gasteiger partial charge is 0.389 e. The monoisotopic (exact) mass is 483 g/mol. The number of halogens is 3. The molecule has 5 atom stereocenters. The van der Waals surface area contributed by atoms with Crippen LogP contribution in [0.1, 0.15) is 71.6 Å². The van der Waals surface area contributed by atoms with E-state index in [1.807, 2.05) is 4.90 Å². The Morgan fingerprint density at radius 2 is 2.15 bits per heavy atom. The molecule has 1 saturated heterocycles. The van der Waals surface area contributed by atoms with E-state index in [-0.39, 0.29) is 12.0 Å². The van der Waals surface area contributed by atoms with E-state index in [1.54, 1.807) is 11.6 Å². The van der Waals surface area contributed by atoms with Gasteiger partial charge in [-0.1, -0.05) is 36.3 Å². The Morgan fingerprint density at radius 3 is 2.88 bits per heavy atom. The van der Waals surface area contributed by atoms with Crippen LogP contribution in [-0.2, 0) is 0 Å². The molecular weight excluding hydrogens is 439 g/mol. The highest BCUT2D eigenvalue weighted by Gasteiger charge is 2.49. The predicted molar refractivity (Wildman–Crippen MR) is 132 cm³/mol. The summed E-state index contributed by atoms with van der Waals surface area (Å²) in [7, 11) is 0. The second kappa shape index (κ2) is 12.2. The molecule has 0 spiro atoms. The van der Waals surface area contributed by atoms with Gasteiger partial charge >= 0.3 is 6.18 Å². The van der Waals surface area contributed by atoms with Crippen LogP contribution in [-0.4, -0.2) is 54.5 Å². The number of hydrogen-bond donors (Lipinski definition) is 3. The number of hydrogen-bond acceptors (Lipinski definition) is 4. The SMILES string of the molecule is C=CC(O)CCC/C(C)=C/C=C1\CCCC2(C)C1CC[C@@H]2CCN1CCNNC(C(F)(F)F)C1. The van der Waals surface area contributed by atoms with Gasteiger partial charge in [-0.3, -0.25) is 5.43 Å². The summed E-state index contributed by atoms with van der Waals surface area (Å²) in [5.74, 6) is 1.16. The first kappa shape index (κ1) is 27.4. The van der Waals surface area contributed by atoms with Gasteiger partial charge in [-0.2, -0.15) is 13.2 Å². The molecule has 0 aromatic carbocycles. The molecule has 3 rings (SSSR count). The Kier molecular flexibility index (Phi) is 9.84. The number of rotatable bonds is 9. The fourth-order valence-corrected chi connectivity index (χ4v) is 6.39. The zero-order chi connectivity index (χ0) is 24.8. The topological polar surface area (TPSA) is 47.5 Å². The van der Waals surface area contributed by atoms with Crippen molar-refractivity contribution in [3.63, 3.8) is 0 Å². The maximum atomic E-state index is 13.3. The lowest BCUT2D eigenvalue weighted by atomic mass is 9.63. The van der Waals surface area contributed by atoms with Crippen LogP contribution in [0.15, 0.2) is 36.0 Å². The fourth-order valence-electron chi connectivity index (χ4n) is 6.39. The zero-order valence-corrected chi connectivity index (χ0v) is 21.0. The summed E-state index contributed by atoms with van der Waals surface area (Å²) in [5.41, 5.74) is 8.31. The number of hydrazine groups is 1. The van der Waals surface area contributed by atoms with Crippen LogP contribution in [0.5, 0.6) is 0 Å². The lowest BCUT2D eigenvalue weighted by Gasteiger charge is -2.43. The van der Waals surface area contributed by atoms with Gasteiger partial charge in [0.15, 0.2) is 0 Å². The van der Waals surface area contributed by atoms with Gasteiger partial charge in [0, 0.05) is 19.6 Å². The number of allylic oxidation sites excluding steroid dienone is 4. The van der Waals surface area contributed by atoms with Crippen molar-refractivity contribution in [2.75, 3.05) is 26.2 Å². The summed E-state index contributed by atoms with van der Waals surface area (Å²) in [6, 6.07) is -1.51. The Morgan fingerprint density at radius 1 is 1.35 bits per heavy atom. The molecule has 1 heterocycles. The lowest BCUT2D eigenvalue weighted by molar-refractivity contribution is -0.160. The molecule has 0 amide bonds. The van der Waals surface area contributed by atoms with E-state index in [0.717, 1.165) is 38.6 Å². The van der Waals surface area contributed by atoms with Crippen molar-refractivity contribution in [1.82, 2.24) is 15.8 Å². The van der Waals surface area contributed by atoms with E-state index in [9.17, 15) is 18.3 Å². The van der Waals surface area contributed by atoms with Crippen LogP contribution in [0.4, 0.5) is 13.2 Å². The van der Waals surface area contributed by atoms with E-state index >= 15 is 0 Å². The first-order chi connectivity index (χ1) is 16.1. The van der Waals surface area contributed by atoms with Crippen molar-refractivity contribution in [3.05, 3.63) is 36.0 Å². The molecule has 1 aliphatic heterocycles. The van der Waals surface area contributed by atoms with Crippen molar-refractivity contribution in [2.45, 2.75) is 90.0 Å². The molecule has 3 fully saturated rings. The van der Waals surface area contributed by atoms with E-state index < -0.39 is 18.3 Å². The summed E-state index contributed by atoms with van der Waals surface area (Å²) < 4.78 is 39.8. The molecule has 0 bridgehead atoms. The summed E-state index contributed by atoms with van der Waals surface area (Å²) in [5, 5.41) is 9.64. The zero-order valence-electron chi connectivity index (χ0n) is 21.0. The molecule has 2 saturated carbocycles. The number of nitrogens with one attached hydrogen (secondary N) is 2. The molecule has 4 nitrogen and oxygen atoms in total. The van der Waals surface area contributed by atoms with Crippen LogP contribution >= 0.6 is 0 Å².